The molecule has 1 aromatic heterocycles. The number of hydrogen-bond donors (Lipinski definition) is 1. The highest BCUT2D eigenvalue weighted by Gasteiger charge is 2.30. The Hall–Kier alpha value is -1.87. The molecule has 1 heterocycles. The fourth-order valence-corrected chi connectivity index (χ4v) is 1.76. The highest BCUT2D eigenvalue weighted by atomic mass is 32.1. The normalized spacial score (nSPS) is 11.4. The second-order valence-electron chi connectivity index (χ2n) is 3.29. The third kappa shape index (κ3) is 4.07. The van der Waals surface area contributed by atoms with Crippen molar-refractivity contribution in [3.63, 3.8) is 0 Å². The Kier molecular flexibility index (Phi) is 3.86. The van der Waals surface area contributed by atoms with E-state index in [1.165, 1.54) is 12.1 Å². The first kappa shape index (κ1) is 13.6. The molecule has 0 bridgehead atoms. The molecule has 2 aromatic rings. The average molecular weight is 291 g/mol. The van der Waals surface area contributed by atoms with E-state index in [9.17, 15) is 13.2 Å². The summed E-state index contributed by atoms with van der Waals surface area (Å²) in [5, 5.41) is 8.33. The molecular weight excluding hydrogens is 283 g/mol. The van der Waals surface area contributed by atoms with Crippen LogP contribution in [-0.2, 0) is 6.54 Å². The summed E-state index contributed by atoms with van der Waals surface area (Å²) in [4.78, 5) is 0. The number of nitrogens with two attached hydrogens (primary N) is 1. The van der Waals surface area contributed by atoms with Gasteiger partial charge < -0.3 is 15.2 Å². The van der Waals surface area contributed by atoms with Crippen LogP contribution in [0.15, 0.2) is 24.3 Å². The first-order valence-electron chi connectivity index (χ1n) is 5.02. The van der Waals surface area contributed by atoms with Crippen molar-refractivity contribution < 1.29 is 22.6 Å². The van der Waals surface area contributed by atoms with Gasteiger partial charge >= 0.3 is 6.36 Å². The fraction of sp³-hybridized carbons (Fsp3) is 0.200. The molecule has 0 radical (unpaired) electrons. The minimum absolute atomic E-state index is 0.249. The zero-order valence-electron chi connectivity index (χ0n) is 9.35. The number of aromatic nitrogens is 2. The van der Waals surface area contributed by atoms with Crippen LogP contribution in [-0.4, -0.2) is 16.6 Å². The van der Waals surface area contributed by atoms with Crippen LogP contribution in [0.2, 0.25) is 0 Å². The maximum atomic E-state index is 11.9. The molecule has 102 valence electrons. The van der Waals surface area contributed by atoms with Crippen LogP contribution in [0, 0.1) is 0 Å². The SMILES string of the molecule is NCc1nnc(Oc2ccc(OC(F)(F)F)cc2)s1. The number of halogens is 3. The number of nitrogens with zero attached hydrogens (tertiary/aromatic N) is 2. The van der Waals surface area contributed by atoms with Crippen LogP contribution >= 0.6 is 11.3 Å². The predicted octanol–water partition coefficient (Wildman–Crippen LogP) is 2.69. The maximum absolute atomic E-state index is 11.9. The van der Waals surface area contributed by atoms with E-state index >= 15 is 0 Å². The third-order valence-corrected chi connectivity index (χ3v) is 2.71. The van der Waals surface area contributed by atoms with Gasteiger partial charge in [-0.15, -0.1) is 18.3 Å². The quantitative estimate of drug-likeness (QED) is 0.937. The average Bonchev–Trinajstić information content (AvgIpc) is 2.77. The van der Waals surface area contributed by atoms with Crippen molar-refractivity contribution in [1.82, 2.24) is 10.2 Å². The van der Waals surface area contributed by atoms with Crippen LogP contribution in [0.3, 0.4) is 0 Å². The molecule has 0 saturated heterocycles. The van der Waals surface area contributed by atoms with E-state index in [1.807, 2.05) is 0 Å². The summed E-state index contributed by atoms with van der Waals surface area (Å²) in [5.74, 6) is 0.00834. The standard InChI is InChI=1S/C10H8F3N3O2S/c11-10(12,13)18-7-3-1-6(2-4-7)17-9-16-15-8(5-14)19-9/h1-4H,5,14H2. The minimum Gasteiger partial charge on any atom is -0.430 e. The van der Waals surface area contributed by atoms with Gasteiger partial charge in [0.25, 0.3) is 5.19 Å². The number of alkyl halides is 3. The molecule has 5 nitrogen and oxygen atoms in total. The van der Waals surface area contributed by atoms with Crippen molar-refractivity contribution in [1.29, 1.82) is 0 Å². The van der Waals surface area contributed by atoms with Gasteiger partial charge in [0.05, 0.1) is 0 Å². The molecule has 19 heavy (non-hydrogen) atoms. The zero-order chi connectivity index (χ0) is 13.9. The van der Waals surface area contributed by atoms with Gasteiger partial charge in [0.1, 0.15) is 16.5 Å². The predicted molar refractivity (Wildman–Crippen MR) is 61.0 cm³/mol. The van der Waals surface area contributed by atoms with E-state index in [4.69, 9.17) is 10.5 Å². The molecule has 0 aliphatic carbocycles. The molecule has 0 atom stereocenters. The van der Waals surface area contributed by atoms with Crippen LogP contribution < -0.4 is 15.2 Å². The fourth-order valence-electron chi connectivity index (χ4n) is 1.17. The van der Waals surface area contributed by atoms with Gasteiger partial charge in [0.2, 0.25) is 0 Å². The third-order valence-electron chi connectivity index (χ3n) is 1.89. The minimum atomic E-state index is -4.71. The van der Waals surface area contributed by atoms with Crippen molar-refractivity contribution in [2.24, 2.45) is 5.73 Å². The van der Waals surface area contributed by atoms with Gasteiger partial charge in [-0.25, -0.2) is 0 Å². The molecule has 2 N–H and O–H groups in total. The van der Waals surface area contributed by atoms with Gasteiger partial charge in [-0.1, -0.05) is 16.4 Å². The molecule has 0 unspecified atom stereocenters. The Bertz CT molecular complexity index is 542. The number of hydrogen-bond acceptors (Lipinski definition) is 6. The molecular formula is C10H8F3N3O2S. The highest BCUT2D eigenvalue weighted by Crippen LogP contribution is 2.28. The van der Waals surface area contributed by atoms with Crippen molar-refractivity contribution >= 4 is 11.3 Å². The molecule has 0 amide bonds. The van der Waals surface area contributed by atoms with Crippen LogP contribution in [0.5, 0.6) is 16.7 Å². The lowest BCUT2D eigenvalue weighted by atomic mass is 10.3. The summed E-state index contributed by atoms with van der Waals surface area (Å²) >= 11 is 1.16. The van der Waals surface area contributed by atoms with E-state index in [0.29, 0.717) is 10.8 Å². The Balaban J connectivity index is 2.02. The largest absolute Gasteiger partial charge is 0.573 e. The topological polar surface area (TPSA) is 70.3 Å². The molecule has 2 rings (SSSR count). The van der Waals surface area contributed by atoms with Gasteiger partial charge in [-0.2, -0.15) is 0 Å². The lowest BCUT2D eigenvalue weighted by Crippen LogP contribution is -2.16. The number of benzene rings is 1. The van der Waals surface area contributed by atoms with Gasteiger partial charge in [0.15, 0.2) is 0 Å². The first-order chi connectivity index (χ1) is 8.96. The second-order valence-corrected chi connectivity index (χ2v) is 4.31. The van der Waals surface area contributed by atoms with Gasteiger partial charge in [-0.05, 0) is 24.3 Å². The number of ether oxygens (including phenoxy) is 2. The number of rotatable bonds is 4. The lowest BCUT2D eigenvalue weighted by molar-refractivity contribution is -0.274. The van der Waals surface area contributed by atoms with Crippen LogP contribution in [0.4, 0.5) is 13.2 Å². The smallest absolute Gasteiger partial charge is 0.430 e. The molecule has 0 saturated carbocycles. The molecule has 0 aliphatic heterocycles. The summed E-state index contributed by atoms with van der Waals surface area (Å²) in [6.45, 7) is 0.249. The Morgan fingerprint density at radius 3 is 2.26 bits per heavy atom. The van der Waals surface area contributed by atoms with Crippen LogP contribution in [0.1, 0.15) is 5.01 Å². The first-order valence-corrected chi connectivity index (χ1v) is 5.84. The summed E-state index contributed by atoms with van der Waals surface area (Å²) < 4.78 is 44.9. The van der Waals surface area contributed by atoms with Crippen molar-refractivity contribution in [3.8, 4) is 16.7 Å². The van der Waals surface area contributed by atoms with Gasteiger partial charge in [0, 0.05) is 6.54 Å². The molecule has 0 fully saturated rings. The second kappa shape index (κ2) is 5.41. The molecule has 9 heteroatoms. The Labute approximate surface area is 109 Å². The molecule has 0 aliphatic rings. The molecule has 1 aromatic carbocycles. The Morgan fingerprint density at radius 2 is 1.74 bits per heavy atom. The summed E-state index contributed by atoms with van der Waals surface area (Å²) in [5.41, 5.74) is 5.36. The summed E-state index contributed by atoms with van der Waals surface area (Å²) in [7, 11) is 0. The van der Waals surface area contributed by atoms with Crippen LogP contribution in [0.25, 0.3) is 0 Å². The monoisotopic (exact) mass is 291 g/mol. The van der Waals surface area contributed by atoms with Crippen molar-refractivity contribution in [2.75, 3.05) is 0 Å². The van der Waals surface area contributed by atoms with Crippen molar-refractivity contribution in [2.45, 2.75) is 12.9 Å². The summed E-state index contributed by atoms with van der Waals surface area (Å²) in [6, 6.07) is 4.97. The highest BCUT2D eigenvalue weighted by molar-refractivity contribution is 7.13. The molecule has 0 spiro atoms. The van der Waals surface area contributed by atoms with E-state index in [0.717, 1.165) is 23.5 Å². The van der Waals surface area contributed by atoms with Crippen molar-refractivity contribution in [3.05, 3.63) is 29.3 Å². The van der Waals surface area contributed by atoms with Gasteiger partial charge in [-0.3, -0.25) is 0 Å². The van der Waals surface area contributed by atoms with E-state index < -0.39 is 6.36 Å². The van der Waals surface area contributed by atoms with E-state index in [1.54, 1.807) is 0 Å². The Morgan fingerprint density at radius 1 is 1.11 bits per heavy atom. The van der Waals surface area contributed by atoms with E-state index in [-0.39, 0.29) is 17.5 Å². The maximum Gasteiger partial charge on any atom is 0.573 e. The summed E-state index contributed by atoms with van der Waals surface area (Å²) in [6.07, 6.45) is -4.71. The van der Waals surface area contributed by atoms with E-state index in [2.05, 4.69) is 14.9 Å². The zero-order valence-corrected chi connectivity index (χ0v) is 10.2. The lowest BCUT2D eigenvalue weighted by Gasteiger charge is -2.08.